The van der Waals surface area contributed by atoms with E-state index in [0.29, 0.717) is 12.8 Å². The van der Waals surface area contributed by atoms with E-state index in [1.807, 2.05) is 6.92 Å². The van der Waals surface area contributed by atoms with E-state index in [9.17, 15) is 9.90 Å². The zero-order valence-corrected chi connectivity index (χ0v) is 13.6. The maximum atomic E-state index is 11.5. The van der Waals surface area contributed by atoms with E-state index in [2.05, 4.69) is 15.1 Å². The molecule has 0 saturated carbocycles. The molecule has 2 aliphatic rings. The Morgan fingerprint density at radius 2 is 2.10 bits per heavy atom. The van der Waals surface area contributed by atoms with Gasteiger partial charge in [-0.25, -0.2) is 0 Å². The summed E-state index contributed by atoms with van der Waals surface area (Å²) in [5.41, 5.74) is -0.745. The summed E-state index contributed by atoms with van der Waals surface area (Å²) in [6, 6.07) is 0.743. The molecule has 0 amide bonds. The Bertz CT molecular complexity index is 344. The highest BCUT2D eigenvalue weighted by Gasteiger charge is 2.34. The van der Waals surface area contributed by atoms with Gasteiger partial charge in [0.25, 0.3) is 0 Å². The Morgan fingerprint density at radius 1 is 1.33 bits per heavy atom. The van der Waals surface area contributed by atoms with Crippen LogP contribution in [0, 0.1) is 0 Å². The van der Waals surface area contributed by atoms with Gasteiger partial charge in [0.15, 0.2) is 0 Å². The predicted molar refractivity (Wildman–Crippen MR) is 84.6 cm³/mol. The number of hydrogen-bond donors (Lipinski definition) is 2. The molecular formula is C16H31N3O2. The highest BCUT2D eigenvalue weighted by atomic mass is 16.4. The van der Waals surface area contributed by atoms with Gasteiger partial charge in [-0.3, -0.25) is 9.69 Å². The molecule has 2 rings (SSSR count). The van der Waals surface area contributed by atoms with Crippen molar-refractivity contribution in [1.29, 1.82) is 0 Å². The lowest BCUT2D eigenvalue weighted by Crippen LogP contribution is -2.50. The van der Waals surface area contributed by atoms with Gasteiger partial charge in [-0.15, -0.1) is 0 Å². The standard InChI is InChI=1S/C16H31N3O2/c1-3-16(17-2,15(20)21)8-5-9-18-10-6-12-19-11-4-7-14(19)13-18/h14,17H,3-13H2,1-2H3,(H,20,21). The molecule has 2 aliphatic heterocycles. The van der Waals surface area contributed by atoms with Gasteiger partial charge < -0.3 is 15.3 Å². The summed E-state index contributed by atoms with van der Waals surface area (Å²) < 4.78 is 0. The van der Waals surface area contributed by atoms with Crippen molar-refractivity contribution in [3.8, 4) is 0 Å². The number of carbonyl (C=O) groups is 1. The molecule has 0 radical (unpaired) electrons. The molecule has 122 valence electrons. The second-order valence-corrected chi connectivity index (χ2v) is 6.58. The normalized spacial score (nSPS) is 27.0. The summed E-state index contributed by atoms with van der Waals surface area (Å²) in [5.74, 6) is -0.717. The van der Waals surface area contributed by atoms with Gasteiger partial charge in [0, 0.05) is 12.6 Å². The van der Waals surface area contributed by atoms with Gasteiger partial charge >= 0.3 is 5.97 Å². The molecule has 5 nitrogen and oxygen atoms in total. The number of likely N-dealkylation sites (N-methyl/N-ethyl adjacent to an activating group) is 1. The molecule has 2 fully saturated rings. The summed E-state index contributed by atoms with van der Waals surface area (Å²) in [4.78, 5) is 16.7. The zero-order chi connectivity index (χ0) is 15.3. The Morgan fingerprint density at radius 3 is 2.76 bits per heavy atom. The molecule has 21 heavy (non-hydrogen) atoms. The highest BCUT2D eigenvalue weighted by Crippen LogP contribution is 2.22. The third kappa shape index (κ3) is 3.96. The molecule has 2 saturated heterocycles. The lowest BCUT2D eigenvalue weighted by Gasteiger charge is -2.30. The second kappa shape index (κ2) is 7.56. The summed E-state index contributed by atoms with van der Waals surface area (Å²) in [5, 5.41) is 12.5. The van der Waals surface area contributed by atoms with Crippen molar-refractivity contribution in [3.05, 3.63) is 0 Å². The van der Waals surface area contributed by atoms with Crippen molar-refractivity contribution < 1.29 is 9.90 Å². The predicted octanol–water partition coefficient (Wildman–Crippen LogP) is 1.39. The fourth-order valence-electron chi connectivity index (χ4n) is 3.93. The molecule has 0 aromatic rings. The number of hydrogen-bond acceptors (Lipinski definition) is 4. The van der Waals surface area contributed by atoms with E-state index in [1.54, 1.807) is 7.05 Å². The minimum absolute atomic E-state index is 0.634. The fourth-order valence-corrected chi connectivity index (χ4v) is 3.93. The third-order valence-corrected chi connectivity index (χ3v) is 5.46. The maximum Gasteiger partial charge on any atom is 0.323 e. The van der Waals surface area contributed by atoms with Crippen LogP contribution in [0.3, 0.4) is 0 Å². The molecule has 0 spiro atoms. The molecule has 0 aromatic heterocycles. The van der Waals surface area contributed by atoms with Crippen LogP contribution in [0.4, 0.5) is 0 Å². The summed E-state index contributed by atoms with van der Waals surface area (Å²) >= 11 is 0. The maximum absolute atomic E-state index is 11.5. The lowest BCUT2D eigenvalue weighted by molar-refractivity contribution is -0.145. The third-order valence-electron chi connectivity index (χ3n) is 5.46. The molecule has 2 atom stereocenters. The van der Waals surface area contributed by atoms with Crippen LogP contribution in [-0.4, -0.2) is 72.2 Å². The first-order chi connectivity index (χ1) is 10.1. The van der Waals surface area contributed by atoms with Crippen molar-refractivity contribution in [2.45, 2.75) is 57.0 Å². The van der Waals surface area contributed by atoms with Crippen molar-refractivity contribution in [2.75, 3.05) is 39.8 Å². The molecule has 0 bridgehead atoms. The largest absolute Gasteiger partial charge is 0.480 e. The van der Waals surface area contributed by atoms with Gasteiger partial charge in [0.05, 0.1) is 0 Å². The smallest absolute Gasteiger partial charge is 0.323 e. The van der Waals surface area contributed by atoms with Crippen LogP contribution in [0.2, 0.25) is 0 Å². The number of rotatable bonds is 7. The van der Waals surface area contributed by atoms with E-state index < -0.39 is 11.5 Å². The summed E-state index contributed by atoms with van der Waals surface area (Å²) in [7, 11) is 1.76. The quantitative estimate of drug-likeness (QED) is 0.744. The van der Waals surface area contributed by atoms with Crippen molar-refractivity contribution >= 4 is 5.97 Å². The van der Waals surface area contributed by atoms with Crippen molar-refractivity contribution in [1.82, 2.24) is 15.1 Å². The van der Waals surface area contributed by atoms with Crippen LogP contribution >= 0.6 is 0 Å². The van der Waals surface area contributed by atoms with E-state index in [1.165, 1.54) is 45.4 Å². The number of aliphatic carboxylic acids is 1. The molecule has 5 heteroatoms. The highest BCUT2D eigenvalue weighted by molar-refractivity contribution is 5.78. The SMILES string of the molecule is CCC(CCCN1CCCN2CCCC2C1)(NC)C(=O)O. The summed E-state index contributed by atoms with van der Waals surface area (Å²) in [6.07, 6.45) is 6.22. The Balaban J connectivity index is 1.80. The number of carboxylic acids is 1. The van der Waals surface area contributed by atoms with E-state index in [-0.39, 0.29) is 0 Å². The van der Waals surface area contributed by atoms with E-state index in [4.69, 9.17) is 0 Å². The molecule has 0 aliphatic carbocycles. The van der Waals surface area contributed by atoms with Crippen molar-refractivity contribution in [3.63, 3.8) is 0 Å². The molecule has 2 N–H and O–H groups in total. The first-order valence-corrected chi connectivity index (χ1v) is 8.50. The molecular weight excluding hydrogens is 266 g/mol. The number of nitrogens with zero attached hydrogens (tertiary/aromatic N) is 2. The van der Waals surface area contributed by atoms with Crippen molar-refractivity contribution in [2.24, 2.45) is 0 Å². The first-order valence-electron chi connectivity index (χ1n) is 8.50. The molecule has 0 aromatic carbocycles. The topological polar surface area (TPSA) is 55.8 Å². The van der Waals surface area contributed by atoms with Crippen LogP contribution in [0.15, 0.2) is 0 Å². The average Bonchev–Trinajstić information content (AvgIpc) is 2.82. The van der Waals surface area contributed by atoms with Crippen LogP contribution in [0.5, 0.6) is 0 Å². The minimum atomic E-state index is -0.745. The lowest BCUT2D eigenvalue weighted by atomic mass is 9.90. The monoisotopic (exact) mass is 297 g/mol. The van der Waals surface area contributed by atoms with Gasteiger partial charge in [-0.05, 0) is 71.8 Å². The first kappa shape index (κ1) is 16.7. The van der Waals surface area contributed by atoms with Gasteiger partial charge in [0.2, 0.25) is 0 Å². The Hall–Kier alpha value is -0.650. The number of carboxylic acid groups (broad SMARTS) is 1. The second-order valence-electron chi connectivity index (χ2n) is 6.58. The van der Waals surface area contributed by atoms with Crippen LogP contribution in [0.25, 0.3) is 0 Å². The zero-order valence-electron chi connectivity index (χ0n) is 13.6. The average molecular weight is 297 g/mol. The molecule has 2 heterocycles. The fraction of sp³-hybridized carbons (Fsp3) is 0.938. The Kier molecular flexibility index (Phi) is 6.02. The number of fused-ring (bicyclic) bond motifs is 1. The van der Waals surface area contributed by atoms with Gasteiger partial charge in [-0.1, -0.05) is 6.92 Å². The van der Waals surface area contributed by atoms with Gasteiger partial charge in [0.1, 0.15) is 5.54 Å². The van der Waals surface area contributed by atoms with Crippen LogP contribution < -0.4 is 5.32 Å². The Labute approximate surface area is 128 Å². The van der Waals surface area contributed by atoms with Gasteiger partial charge in [-0.2, -0.15) is 0 Å². The summed E-state index contributed by atoms with van der Waals surface area (Å²) in [6.45, 7) is 7.83. The number of nitrogens with one attached hydrogen (secondary N) is 1. The van der Waals surface area contributed by atoms with E-state index >= 15 is 0 Å². The van der Waals surface area contributed by atoms with E-state index in [0.717, 1.165) is 19.0 Å². The minimum Gasteiger partial charge on any atom is -0.480 e. The van der Waals surface area contributed by atoms with Crippen LogP contribution in [-0.2, 0) is 4.79 Å². The van der Waals surface area contributed by atoms with Crippen LogP contribution in [0.1, 0.15) is 45.4 Å². The molecule has 2 unspecified atom stereocenters.